The van der Waals surface area contributed by atoms with Crippen LogP contribution in [0.15, 0.2) is 67.1 Å². The number of halogens is 1. The smallest absolute Gasteiger partial charge is 0.165 e. The molecule has 3 heterocycles. The predicted molar refractivity (Wildman–Crippen MR) is 89.6 cm³/mol. The second kappa shape index (κ2) is 5.77. The van der Waals surface area contributed by atoms with Gasteiger partial charge in [-0.25, -0.2) is 8.91 Å². The number of rotatable bonds is 3. The quantitative estimate of drug-likeness (QED) is 0.552. The van der Waals surface area contributed by atoms with Gasteiger partial charge < -0.3 is 4.74 Å². The van der Waals surface area contributed by atoms with Crippen molar-refractivity contribution in [2.24, 2.45) is 0 Å². The third-order valence-corrected chi connectivity index (χ3v) is 3.80. The highest BCUT2D eigenvalue weighted by Crippen LogP contribution is 2.34. The number of nitrogens with zero attached hydrogens (tertiary/aromatic N) is 3. The van der Waals surface area contributed by atoms with Crippen molar-refractivity contribution in [3.05, 3.63) is 78.6 Å². The van der Waals surface area contributed by atoms with Gasteiger partial charge in [-0.2, -0.15) is 5.10 Å². The summed E-state index contributed by atoms with van der Waals surface area (Å²) in [5.74, 6) is 0.313. The van der Waals surface area contributed by atoms with E-state index in [9.17, 15) is 4.39 Å². The van der Waals surface area contributed by atoms with E-state index in [1.54, 1.807) is 35.0 Å². The van der Waals surface area contributed by atoms with Gasteiger partial charge in [0, 0.05) is 35.3 Å². The Morgan fingerprint density at radius 3 is 2.67 bits per heavy atom. The number of benzene rings is 1. The van der Waals surface area contributed by atoms with Crippen LogP contribution in [0.3, 0.4) is 0 Å². The van der Waals surface area contributed by atoms with Crippen molar-refractivity contribution in [3.63, 3.8) is 0 Å². The number of hydrogen-bond acceptors (Lipinski definition) is 3. The van der Waals surface area contributed by atoms with Gasteiger partial charge in [0.1, 0.15) is 5.52 Å². The van der Waals surface area contributed by atoms with E-state index in [0.717, 1.165) is 22.3 Å². The van der Waals surface area contributed by atoms with Gasteiger partial charge in [0.15, 0.2) is 17.3 Å². The van der Waals surface area contributed by atoms with Crippen molar-refractivity contribution in [1.82, 2.24) is 14.6 Å². The van der Waals surface area contributed by atoms with E-state index in [0.29, 0.717) is 5.75 Å². The molecule has 0 fully saturated rings. The molecule has 0 amide bonds. The minimum absolute atomic E-state index is 0.180. The van der Waals surface area contributed by atoms with E-state index in [2.05, 4.69) is 10.1 Å². The summed E-state index contributed by atoms with van der Waals surface area (Å²) in [5, 5.41) is 4.29. The highest BCUT2D eigenvalue weighted by atomic mass is 19.1. The normalized spacial score (nSPS) is 10.9. The molecule has 0 aliphatic heterocycles. The van der Waals surface area contributed by atoms with E-state index in [1.807, 2.05) is 37.5 Å². The third-order valence-electron chi connectivity index (χ3n) is 3.80. The van der Waals surface area contributed by atoms with E-state index >= 15 is 0 Å². The summed E-state index contributed by atoms with van der Waals surface area (Å²) in [6.07, 6.45) is 5.28. The molecule has 4 aromatic rings. The average Bonchev–Trinajstić information content (AvgIpc) is 3.03. The Morgan fingerprint density at radius 1 is 1.00 bits per heavy atom. The topological polar surface area (TPSA) is 39.4 Å². The van der Waals surface area contributed by atoms with Crippen LogP contribution in [0.1, 0.15) is 5.69 Å². The van der Waals surface area contributed by atoms with Crippen molar-refractivity contribution in [1.29, 1.82) is 0 Å². The molecule has 0 unspecified atom stereocenters. The summed E-state index contributed by atoms with van der Waals surface area (Å²) in [4.78, 5) is 4.34. The molecule has 0 saturated carbocycles. The highest BCUT2D eigenvalue weighted by Gasteiger charge is 2.13. The first kappa shape index (κ1) is 14.4. The van der Waals surface area contributed by atoms with Crippen LogP contribution in [0.5, 0.6) is 11.5 Å². The van der Waals surface area contributed by atoms with E-state index < -0.39 is 5.82 Å². The van der Waals surface area contributed by atoms with E-state index in [4.69, 9.17) is 4.74 Å². The van der Waals surface area contributed by atoms with Crippen molar-refractivity contribution in [2.75, 3.05) is 0 Å². The first-order valence-electron chi connectivity index (χ1n) is 7.54. The highest BCUT2D eigenvalue weighted by molar-refractivity contribution is 5.85. The average molecular weight is 319 g/mol. The first-order valence-corrected chi connectivity index (χ1v) is 7.54. The van der Waals surface area contributed by atoms with Crippen molar-refractivity contribution < 1.29 is 9.13 Å². The Hall–Kier alpha value is -3.21. The summed E-state index contributed by atoms with van der Waals surface area (Å²) >= 11 is 0. The Balaban J connectivity index is 1.86. The monoisotopic (exact) mass is 319 g/mol. The molecule has 0 N–H and O–H groups in total. The number of ether oxygens (including phenoxy) is 1. The van der Waals surface area contributed by atoms with Crippen LogP contribution in [0.2, 0.25) is 0 Å². The predicted octanol–water partition coefficient (Wildman–Crippen LogP) is 4.64. The Kier molecular flexibility index (Phi) is 3.46. The fraction of sp³-hybridized carbons (Fsp3) is 0.0526. The van der Waals surface area contributed by atoms with Gasteiger partial charge in [-0.15, -0.1) is 0 Å². The molecular weight excluding hydrogens is 305 g/mol. The van der Waals surface area contributed by atoms with Gasteiger partial charge in [-0.05, 0) is 31.2 Å². The van der Waals surface area contributed by atoms with Crippen molar-refractivity contribution in [3.8, 4) is 22.6 Å². The van der Waals surface area contributed by atoms with Crippen molar-refractivity contribution in [2.45, 2.75) is 6.92 Å². The van der Waals surface area contributed by atoms with Crippen molar-refractivity contribution >= 4 is 5.52 Å². The molecular formula is C19H14FN3O. The van der Waals surface area contributed by atoms with E-state index in [1.165, 1.54) is 6.07 Å². The maximum atomic E-state index is 13.9. The molecule has 1 aromatic carbocycles. The molecule has 0 aliphatic rings. The van der Waals surface area contributed by atoms with Crippen LogP contribution < -0.4 is 4.74 Å². The second-order valence-electron chi connectivity index (χ2n) is 5.44. The molecule has 118 valence electrons. The lowest BCUT2D eigenvalue weighted by Gasteiger charge is -2.10. The molecule has 0 radical (unpaired) electrons. The largest absolute Gasteiger partial charge is 0.452 e. The zero-order chi connectivity index (χ0) is 16.5. The van der Waals surface area contributed by atoms with Crippen LogP contribution in [-0.4, -0.2) is 14.6 Å². The molecule has 4 rings (SSSR count). The van der Waals surface area contributed by atoms with Gasteiger partial charge in [-0.1, -0.05) is 18.2 Å². The number of aromatic nitrogens is 3. The van der Waals surface area contributed by atoms with Crippen LogP contribution in [0, 0.1) is 12.7 Å². The molecule has 5 heteroatoms. The van der Waals surface area contributed by atoms with Gasteiger partial charge in [0.25, 0.3) is 0 Å². The van der Waals surface area contributed by atoms with E-state index in [-0.39, 0.29) is 5.75 Å². The van der Waals surface area contributed by atoms with Crippen LogP contribution >= 0.6 is 0 Å². The molecule has 4 nitrogen and oxygen atoms in total. The summed E-state index contributed by atoms with van der Waals surface area (Å²) in [6, 6.07) is 14.0. The number of pyridine rings is 1. The Labute approximate surface area is 138 Å². The van der Waals surface area contributed by atoms with Gasteiger partial charge in [0.05, 0.1) is 6.20 Å². The first-order chi connectivity index (χ1) is 11.7. The lowest BCUT2D eigenvalue weighted by molar-refractivity contribution is 0.444. The number of fused-ring (bicyclic) bond motifs is 1. The number of hydrogen-bond donors (Lipinski definition) is 0. The van der Waals surface area contributed by atoms with Gasteiger partial charge in [0.2, 0.25) is 0 Å². The summed E-state index contributed by atoms with van der Waals surface area (Å²) in [6.45, 7) is 1.94. The zero-order valence-corrected chi connectivity index (χ0v) is 13.0. The summed E-state index contributed by atoms with van der Waals surface area (Å²) < 4.78 is 21.4. The second-order valence-corrected chi connectivity index (χ2v) is 5.44. The number of aryl methyl sites for hydroxylation is 1. The maximum Gasteiger partial charge on any atom is 0.165 e. The molecule has 0 atom stereocenters. The standard InChI is InChI=1S/C19H14FN3O/c1-13-6-7-14(12-21-13)15-9-11-23-19(15)18(8-10-22-23)24-17-5-3-2-4-16(17)20/h2-12H,1H3. The molecule has 0 spiro atoms. The zero-order valence-electron chi connectivity index (χ0n) is 13.0. The lowest BCUT2D eigenvalue weighted by Crippen LogP contribution is -1.95. The van der Waals surface area contributed by atoms with Crippen LogP contribution in [-0.2, 0) is 0 Å². The summed E-state index contributed by atoms with van der Waals surface area (Å²) in [5.41, 5.74) is 3.60. The lowest BCUT2D eigenvalue weighted by atomic mass is 10.1. The number of para-hydroxylation sites is 1. The molecule has 0 saturated heterocycles. The molecule has 24 heavy (non-hydrogen) atoms. The van der Waals surface area contributed by atoms with Crippen LogP contribution in [0.4, 0.5) is 4.39 Å². The Morgan fingerprint density at radius 2 is 1.88 bits per heavy atom. The van der Waals surface area contributed by atoms with Gasteiger partial charge in [-0.3, -0.25) is 4.98 Å². The minimum atomic E-state index is -0.405. The summed E-state index contributed by atoms with van der Waals surface area (Å²) in [7, 11) is 0. The van der Waals surface area contributed by atoms with Crippen LogP contribution in [0.25, 0.3) is 16.6 Å². The Bertz CT molecular complexity index is 1010. The fourth-order valence-electron chi connectivity index (χ4n) is 2.60. The minimum Gasteiger partial charge on any atom is -0.452 e. The third kappa shape index (κ3) is 2.50. The maximum absolute atomic E-state index is 13.9. The molecule has 0 aliphatic carbocycles. The SMILES string of the molecule is Cc1ccc(-c2ccn3nccc(Oc4ccccc4F)c23)cn1. The fourth-order valence-corrected chi connectivity index (χ4v) is 2.60. The molecule has 0 bridgehead atoms. The van der Waals surface area contributed by atoms with Gasteiger partial charge >= 0.3 is 0 Å². The molecule has 3 aromatic heterocycles.